The average Bonchev–Trinajstić information content (AvgIpc) is 3.16. The second-order valence-electron chi connectivity index (χ2n) is 14.1. The summed E-state index contributed by atoms with van der Waals surface area (Å²) in [6, 6.07) is 0. The van der Waals surface area contributed by atoms with E-state index in [-0.39, 0.29) is 12.1 Å². The number of hydrogen-bond donors (Lipinski definition) is 0. The van der Waals surface area contributed by atoms with E-state index in [1.54, 1.807) is 5.57 Å². The molecule has 0 saturated heterocycles. The largest absolute Gasteiger partial charge is 0.462 e. The van der Waals surface area contributed by atoms with Crippen molar-refractivity contribution in [3.05, 3.63) is 11.6 Å². The van der Waals surface area contributed by atoms with Crippen molar-refractivity contribution >= 4 is 5.97 Å². The lowest BCUT2D eigenvalue weighted by Gasteiger charge is -2.58. The summed E-state index contributed by atoms with van der Waals surface area (Å²) in [6.07, 6.45) is 21.2. The standard InChI is InChI=1S/C33H56O2/c1-7-8-9-13-31(34)35-26-18-20-32(5)25(22-26)14-15-27-29-17-16-28(24(4)12-10-11-23(2)3)33(29,6)21-19-30(27)32/h14,23-24,26-30H,7-13,15-22H2,1-6H3/t24-,26-,27+,28-,29+,30-,32+,33-/m1/s1. The van der Waals surface area contributed by atoms with Crippen LogP contribution >= 0.6 is 0 Å². The van der Waals surface area contributed by atoms with E-state index in [9.17, 15) is 4.79 Å². The smallest absolute Gasteiger partial charge is 0.306 e. The van der Waals surface area contributed by atoms with E-state index in [1.807, 2.05) is 0 Å². The highest BCUT2D eigenvalue weighted by atomic mass is 16.5. The molecule has 2 nitrogen and oxygen atoms in total. The SMILES string of the molecule is CCCCCC(=O)O[C@@H]1CC[C@@]2(C)C(=CC[C@@H]3[C@H]2CC[C@]2(C)[C@@H]([C@H](C)CCCC(C)C)CC[C@@H]32)C1. The lowest BCUT2D eigenvalue weighted by atomic mass is 9.47. The summed E-state index contributed by atoms with van der Waals surface area (Å²) in [7, 11) is 0. The van der Waals surface area contributed by atoms with Crippen molar-refractivity contribution in [1.82, 2.24) is 0 Å². The maximum atomic E-state index is 12.4. The molecule has 0 amide bonds. The summed E-state index contributed by atoms with van der Waals surface area (Å²) in [5.41, 5.74) is 2.54. The van der Waals surface area contributed by atoms with Gasteiger partial charge in [-0.25, -0.2) is 0 Å². The van der Waals surface area contributed by atoms with E-state index in [4.69, 9.17) is 4.74 Å². The topological polar surface area (TPSA) is 26.3 Å². The highest BCUT2D eigenvalue weighted by molar-refractivity contribution is 5.69. The molecule has 8 atom stereocenters. The van der Waals surface area contributed by atoms with E-state index in [1.165, 1.54) is 57.8 Å². The van der Waals surface area contributed by atoms with Gasteiger partial charge in [0.05, 0.1) is 0 Å². The van der Waals surface area contributed by atoms with E-state index < -0.39 is 0 Å². The van der Waals surface area contributed by atoms with Crippen molar-refractivity contribution in [2.75, 3.05) is 0 Å². The molecule has 0 bridgehead atoms. The summed E-state index contributed by atoms with van der Waals surface area (Å²) in [4.78, 5) is 12.4. The molecule has 0 aromatic rings. The van der Waals surface area contributed by atoms with Crippen molar-refractivity contribution < 1.29 is 9.53 Å². The van der Waals surface area contributed by atoms with Gasteiger partial charge in [0.2, 0.25) is 0 Å². The first-order chi connectivity index (χ1) is 16.7. The molecular formula is C33H56O2. The summed E-state index contributed by atoms with van der Waals surface area (Å²) in [6.45, 7) is 14.8. The molecule has 0 aliphatic heterocycles. The van der Waals surface area contributed by atoms with Crippen LogP contribution < -0.4 is 0 Å². The fraction of sp³-hybridized carbons (Fsp3) is 0.909. The fourth-order valence-corrected chi connectivity index (χ4v) is 9.52. The first kappa shape index (κ1) is 27.3. The number of allylic oxidation sites excluding steroid dienone is 1. The predicted octanol–water partition coefficient (Wildman–Crippen LogP) is 9.52. The van der Waals surface area contributed by atoms with Crippen LogP contribution in [0.1, 0.15) is 138 Å². The van der Waals surface area contributed by atoms with E-state index in [2.05, 4.69) is 47.6 Å². The molecule has 4 rings (SSSR count). The summed E-state index contributed by atoms with van der Waals surface area (Å²) in [5, 5.41) is 0. The fourth-order valence-electron chi connectivity index (χ4n) is 9.52. The Labute approximate surface area is 217 Å². The van der Waals surface area contributed by atoms with Crippen molar-refractivity contribution in [2.24, 2.45) is 46.3 Å². The third kappa shape index (κ3) is 5.57. The Morgan fingerprint density at radius 2 is 1.80 bits per heavy atom. The molecule has 2 heteroatoms. The minimum Gasteiger partial charge on any atom is -0.462 e. The Morgan fingerprint density at radius 3 is 2.54 bits per heavy atom. The molecule has 0 unspecified atom stereocenters. The zero-order valence-electron chi connectivity index (χ0n) is 24.0. The Kier molecular flexibility index (Phi) is 8.80. The van der Waals surface area contributed by atoms with Crippen LogP contribution in [0.25, 0.3) is 0 Å². The molecule has 3 saturated carbocycles. The summed E-state index contributed by atoms with van der Waals surface area (Å²) < 4.78 is 5.96. The third-order valence-electron chi connectivity index (χ3n) is 11.5. The van der Waals surface area contributed by atoms with Crippen molar-refractivity contribution in [3.8, 4) is 0 Å². The van der Waals surface area contributed by atoms with Crippen LogP contribution in [0.4, 0.5) is 0 Å². The Balaban J connectivity index is 1.39. The number of fused-ring (bicyclic) bond motifs is 5. The molecule has 0 radical (unpaired) electrons. The van der Waals surface area contributed by atoms with Crippen LogP contribution in [0.15, 0.2) is 11.6 Å². The lowest BCUT2D eigenvalue weighted by molar-refractivity contribution is -0.151. The highest BCUT2D eigenvalue weighted by Gasteiger charge is 2.59. The third-order valence-corrected chi connectivity index (χ3v) is 11.5. The second-order valence-corrected chi connectivity index (χ2v) is 14.1. The van der Waals surface area contributed by atoms with Gasteiger partial charge in [-0.3, -0.25) is 4.79 Å². The molecule has 35 heavy (non-hydrogen) atoms. The number of carbonyl (C=O) groups is 1. The van der Waals surface area contributed by atoms with Crippen LogP contribution in [-0.2, 0) is 9.53 Å². The molecule has 0 heterocycles. The Hall–Kier alpha value is -0.790. The van der Waals surface area contributed by atoms with E-state index in [0.29, 0.717) is 17.3 Å². The van der Waals surface area contributed by atoms with Crippen molar-refractivity contribution in [2.45, 2.75) is 144 Å². The van der Waals surface area contributed by atoms with Gasteiger partial charge in [-0.05, 0) is 97.7 Å². The van der Waals surface area contributed by atoms with Crippen molar-refractivity contribution in [1.29, 1.82) is 0 Å². The van der Waals surface area contributed by atoms with E-state index >= 15 is 0 Å². The number of hydrogen-bond acceptors (Lipinski definition) is 2. The number of carbonyl (C=O) groups excluding carboxylic acids is 1. The molecule has 0 aromatic carbocycles. The normalized spacial score (nSPS) is 39.4. The molecule has 3 fully saturated rings. The van der Waals surface area contributed by atoms with Gasteiger partial charge < -0.3 is 4.74 Å². The molecule has 0 N–H and O–H groups in total. The maximum Gasteiger partial charge on any atom is 0.306 e. The van der Waals surface area contributed by atoms with Gasteiger partial charge >= 0.3 is 5.97 Å². The van der Waals surface area contributed by atoms with E-state index in [0.717, 1.165) is 67.6 Å². The number of rotatable bonds is 10. The summed E-state index contributed by atoms with van der Waals surface area (Å²) >= 11 is 0. The Morgan fingerprint density at radius 1 is 1.00 bits per heavy atom. The first-order valence-corrected chi connectivity index (χ1v) is 15.6. The minimum absolute atomic E-state index is 0.0364. The lowest BCUT2D eigenvalue weighted by Crippen LogP contribution is -2.51. The van der Waals surface area contributed by atoms with Gasteiger partial charge in [0.15, 0.2) is 0 Å². The van der Waals surface area contributed by atoms with Crippen LogP contribution in [-0.4, -0.2) is 12.1 Å². The quantitative estimate of drug-likeness (QED) is 0.175. The van der Waals surface area contributed by atoms with Gasteiger partial charge in [0.25, 0.3) is 0 Å². The summed E-state index contributed by atoms with van der Waals surface area (Å²) in [5.74, 6) is 5.33. The molecular weight excluding hydrogens is 428 g/mol. The van der Waals surface area contributed by atoms with Crippen LogP contribution in [0.5, 0.6) is 0 Å². The van der Waals surface area contributed by atoms with Gasteiger partial charge in [0, 0.05) is 12.8 Å². The zero-order valence-corrected chi connectivity index (χ0v) is 24.0. The van der Waals surface area contributed by atoms with Gasteiger partial charge in [-0.1, -0.05) is 85.3 Å². The Bertz CT molecular complexity index is 752. The number of esters is 1. The van der Waals surface area contributed by atoms with Crippen LogP contribution in [0.3, 0.4) is 0 Å². The van der Waals surface area contributed by atoms with Crippen LogP contribution in [0.2, 0.25) is 0 Å². The van der Waals surface area contributed by atoms with Gasteiger partial charge in [0.1, 0.15) is 6.10 Å². The monoisotopic (exact) mass is 484 g/mol. The van der Waals surface area contributed by atoms with Gasteiger partial charge in [-0.15, -0.1) is 0 Å². The zero-order chi connectivity index (χ0) is 25.2. The maximum absolute atomic E-state index is 12.4. The first-order valence-electron chi connectivity index (χ1n) is 15.6. The minimum atomic E-state index is 0.0364. The molecule has 4 aliphatic carbocycles. The predicted molar refractivity (Wildman–Crippen MR) is 147 cm³/mol. The van der Waals surface area contributed by atoms with Crippen LogP contribution in [0, 0.1) is 46.3 Å². The second kappa shape index (κ2) is 11.3. The molecule has 4 aliphatic rings. The highest BCUT2D eigenvalue weighted by Crippen LogP contribution is 2.67. The molecule has 0 spiro atoms. The average molecular weight is 485 g/mol. The number of ether oxygens (including phenoxy) is 1. The van der Waals surface area contributed by atoms with Gasteiger partial charge in [-0.2, -0.15) is 0 Å². The van der Waals surface area contributed by atoms with Crippen molar-refractivity contribution in [3.63, 3.8) is 0 Å². The number of unbranched alkanes of at least 4 members (excludes halogenated alkanes) is 2. The molecule has 0 aromatic heterocycles. The molecule has 200 valence electrons.